The Labute approximate surface area is 114 Å². The number of halogens is 5. The van der Waals surface area contributed by atoms with E-state index in [1.807, 2.05) is 0 Å². The summed E-state index contributed by atoms with van der Waals surface area (Å²) in [6.07, 6.45) is -6.82. The molecule has 0 aromatic carbocycles. The molecule has 0 aromatic heterocycles. The Morgan fingerprint density at radius 1 is 0.833 bits per heavy atom. The molecule has 0 unspecified atom stereocenters. The average molecular weight is 290 g/mol. The van der Waals surface area contributed by atoms with E-state index in [1.165, 1.54) is 0 Å². The Morgan fingerprint density at radius 3 is 1.56 bits per heavy atom. The topological polar surface area (TPSA) is 57.2 Å². The fraction of sp³-hybridized carbons (Fsp3) is 1.00. The van der Waals surface area contributed by atoms with Gasteiger partial charge >= 0.3 is 30.3 Å². The Bertz CT molecular complexity index is 328. The summed E-state index contributed by atoms with van der Waals surface area (Å²) in [6, 6.07) is 0. The van der Waals surface area contributed by atoms with Crippen molar-refractivity contribution in [3.8, 4) is 0 Å². The molecule has 0 aromatic rings. The van der Waals surface area contributed by atoms with Gasteiger partial charge in [0.15, 0.2) is 10.1 Å². The van der Waals surface area contributed by atoms with Crippen LogP contribution in [0, 0.1) is 0 Å². The van der Waals surface area contributed by atoms with Crippen molar-refractivity contribution in [2.24, 2.45) is 0 Å². The van der Waals surface area contributed by atoms with E-state index < -0.39 is 34.4 Å². The minimum absolute atomic E-state index is 0. The molecule has 0 rings (SSSR count). The third-order valence-corrected chi connectivity index (χ3v) is 2.98. The third-order valence-electron chi connectivity index (χ3n) is 2.04. The molecule has 0 fully saturated rings. The van der Waals surface area contributed by atoms with Gasteiger partial charge in [0.1, 0.15) is 0 Å². The third kappa shape index (κ3) is 9.14. The van der Waals surface area contributed by atoms with Crippen LogP contribution in [0.1, 0.15) is 38.5 Å². The predicted octanol–water partition coefficient (Wildman–Crippen LogP) is 0.0313. The monoisotopic (exact) mass is 290 g/mol. The van der Waals surface area contributed by atoms with Crippen LogP contribution in [0.4, 0.5) is 22.0 Å². The zero-order chi connectivity index (χ0) is 13.7. The van der Waals surface area contributed by atoms with Crippen molar-refractivity contribution in [1.82, 2.24) is 0 Å². The maximum Gasteiger partial charge on any atom is 1.00 e. The van der Waals surface area contributed by atoms with Crippen molar-refractivity contribution in [3.05, 3.63) is 0 Å². The van der Waals surface area contributed by atoms with E-state index in [1.54, 1.807) is 0 Å². The van der Waals surface area contributed by atoms with Gasteiger partial charge in [-0.05, 0) is 12.8 Å². The van der Waals surface area contributed by atoms with E-state index in [4.69, 9.17) is 0 Å². The Balaban J connectivity index is 0. The Kier molecular flexibility index (Phi) is 8.73. The van der Waals surface area contributed by atoms with E-state index in [2.05, 4.69) is 0 Å². The van der Waals surface area contributed by atoms with Crippen LogP contribution in [0.5, 0.6) is 0 Å². The molecule has 18 heavy (non-hydrogen) atoms. The van der Waals surface area contributed by atoms with Gasteiger partial charge in [-0.15, -0.1) is 0 Å². The first-order valence-corrected chi connectivity index (χ1v) is 6.26. The average Bonchev–Trinajstić information content (AvgIpc) is 2.07. The molecular formula is C8H12F5LiO3S. The summed E-state index contributed by atoms with van der Waals surface area (Å²) >= 11 is 0. The fourth-order valence-corrected chi connectivity index (χ4v) is 1.53. The zero-order valence-corrected chi connectivity index (χ0v) is 10.6. The summed E-state index contributed by atoms with van der Waals surface area (Å²) in [6.45, 7) is 0. The maximum absolute atomic E-state index is 12.5. The molecular weight excluding hydrogens is 278 g/mol. The van der Waals surface area contributed by atoms with E-state index in [0.29, 0.717) is 0 Å². The van der Waals surface area contributed by atoms with Crippen LogP contribution < -0.4 is 18.9 Å². The molecule has 0 N–H and O–H groups in total. The smallest absolute Gasteiger partial charge is 0.743 e. The molecule has 0 atom stereocenters. The molecule has 0 amide bonds. The predicted molar refractivity (Wildman–Crippen MR) is 48.4 cm³/mol. The van der Waals surface area contributed by atoms with E-state index in [9.17, 15) is 34.9 Å². The molecule has 0 saturated heterocycles. The molecule has 0 bridgehead atoms. The number of alkyl halides is 5. The molecule has 0 aliphatic rings. The van der Waals surface area contributed by atoms with Crippen LogP contribution in [0.3, 0.4) is 0 Å². The summed E-state index contributed by atoms with van der Waals surface area (Å²) < 4.78 is 90.3. The molecule has 104 valence electrons. The SMILES string of the molecule is O=S(=O)([O-])C(F)(F)CCCCCCC(F)(F)F.[Li+]. The van der Waals surface area contributed by atoms with Gasteiger partial charge in [-0.25, -0.2) is 8.42 Å². The van der Waals surface area contributed by atoms with Gasteiger partial charge < -0.3 is 4.55 Å². The van der Waals surface area contributed by atoms with Crippen molar-refractivity contribution in [2.75, 3.05) is 0 Å². The molecule has 0 radical (unpaired) electrons. The fourth-order valence-electron chi connectivity index (χ4n) is 1.13. The van der Waals surface area contributed by atoms with Crippen molar-refractivity contribution in [1.29, 1.82) is 0 Å². The summed E-state index contributed by atoms with van der Waals surface area (Å²) in [4.78, 5) is 0. The molecule has 0 aliphatic carbocycles. The summed E-state index contributed by atoms with van der Waals surface area (Å²) in [5.74, 6) is 0. The largest absolute Gasteiger partial charge is 1.00 e. The van der Waals surface area contributed by atoms with Gasteiger partial charge in [0.2, 0.25) is 0 Å². The van der Waals surface area contributed by atoms with Gasteiger partial charge in [0.05, 0.1) is 0 Å². The van der Waals surface area contributed by atoms with Crippen LogP contribution in [0.15, 0.2) is 0 Å². The second-order valence-corrected chi connectivity index (χ2v) is 5.13. The molecule has 10 heteroatoms. The van der Waals surface area contributed by atoms with E-state index in [-0.39, 0.29) is 44.5 Å². The van der Waals surface area contributed by atoms with Gasteiger partial charge in [-0.3, -0.25) is 0 Å². The van der Waals surface area contributed by atoms with Crippen molar-refractivity contribution < 1.29 is 53.8 Å². The Morgan fingerprint density at radius 2 is 1.22 bits per heavy atom. The van der Waals surface area contributed by atoms with Gasteiger partial charge in [0, 0.05) is 12.8 Å². The molecule has 0 spiro atoms. The number of unbranched alkanes of at least 4 members (excludes halogenated alkanes) is 3. The summed E-state index contributed by atoms with van der Waals surface area (Å²) in [5, 5.41) is -4.34. The van der Waals surface area contributed by atoms with Gasteiger partial charge in [-0.2, -0.15) is 22.0 Å². The molecule has 0 aliphatic heterocycles. The van der Waals surface area contributed by atoms with Crippen LogP contribution in [0.2, 0.25) is 0 Å². The minimum Gasteiger partial charge on any atom is -0.743 e. The number of hydrogen-bond donors (Lipinski definition) is 0. The van der Waals surface area contributed by atoms with Gasteiger partial charge in [-0.1, -0.05) is 12.8 Å². The minimum atomic E-state index is -5.68. The molecule has 3 nitrogen and oxygen atoms in total. The van der Waals surface area contributed by atoms with E-state index in [0.717, 1.165) is 0 Å². The van der Waals surface area contributed by atoms with Crippen LogP contribution in [-0.4, -0.2) is 24.4 Å². The first-order valence-electron chi connectivity index (χ1n) is 4.86. The molecule has 0 heterocycles. The standard InChI is InChI=1S/C8H13F5O3S.Li/c9-7(10,11)5-3-1-2-4-6-8(12,13)17(14,15)16;/h1-6H2,(H,14,15,16);/q;+1/p-1. The Hall–Kier alpha value is 0.157. The van der Waals surface area contributed by atoms with Crippen LogP contribution in [-0.2, 0) is 10.1 Å². The maximum atomic E-state index is 12.5. The second-order valence-electron chi connectivity index (χ2n) is 3.62. The van der Waals surface area contributed by atoms with Crippen molar-refractivity contribution in [3.63, 3.8) is 0 Å². The first-order chi connectivity index (χ1) is 7.46. The quantitative estimate of drug-likeness (QED) is 0.288. The first kappa shape index (κ1) is 20.5. The van der Waals surface area contributed by atoms with Crippen LogP contribution >= 0.6 is 0 Å². The molecule has 0 saturated carbocycles. The number of rotatable bonds is 7. The van der Waals surface area contributed by atoms with Gasteiger partial charge in [0.25, 0.3) is 0 Å². The normalized spacial score (nSPS) is 13.2. The van der Waals surface area contributed by atoms with Crippen molar-refractivity contribution in [2.45, 2.75) is 50.0 Å². The summed E-state index contributed by atoms with van der Waals surface area (Å²) in [5.41, 5.74) is 0. The second kappa shape index (κ2) is 7.68. The number of hydrogen-bond acceptors (Lipinski definition) is 3. The zero-order valence-electron chi connectivity index (χ0n) is 9.77. The van der Waals surface area contributed by atoms with Crippen LogP contribution in [0.25, 0.3) is 0 Å². The van der Waals surface area contributed by atoms with E-state index >= 15 is 0 Å². The van der Waals surface area contributed by atoms with Crippen molar-refractivity contribution >= 4 is 10.1 Å². The summed E-state index contributed by atoms with van der Waals surface area (Å²) in [7, 11) is -5.68.